The second-order valence-corrected chi connectivity index (χ2v) is 5.45. The maximum atomic E-state index is 4.42. The fourth-order valence-electron chi connectivity index (χ4n) is 2.40. The van der Waals surface area contributed by atoms with Crippen LogP contribution in [0.4, 0.5) is 5.82 Å². The van der Waals surface area contributed by atoms with Crippen LogP contribution in [0, 0.1) is 0 Å². The molecule has 3 nitrogen and oxygen atoms in total. The molecule has 0 radical (unpaired) electrons. The fourth-order valence-corrected chi connectivity index (χ4v) is 3.19. The first kappa shape index (κ1) is 11.0. The van der Waals surface area contributed by atoms with Crippen molar-refractivity contribution in [1.82, 2.24) is 10.3 Å². The first-order valence-electron chi connectivity index (χ1n) is 6.23. The number of hydrogen-bond acceptors (Lipinski definition) is 4. The summed E-state index contributed by atoms with van der Waals surface area (Å²) in [7, 11) is 0. The number of nitrogens with zero attached hydrogens (tertiary/aromatic N) is 1. The summed E-state index contributed by atoms with van der Waals surface area (Å²) >= 11 is 1.77. The highest BCUT2D eigenvalue weighted by atomic mass is 32.1. The number of hydrogen-bond donors (Lipinski definition) is 2. The van der Waals surface area contributed by atoms with E-state index in [4.69, 9.17) is 0 Å². The Kier molecular flexibility index (Phi) is 3.25. The molecule has 90 valence electrons. The molecule has 1 unspecified atom stereocenters. The molecule has 0 aliphatic carbocycles. The molecular formula is C13H17N3S. The molecular weight excluding hydrogens is 230 g/mol. The van der Waals surface area contributed by atoms with Crippen molar-refractivity contribution in [2.24, 2.45) is 0 Å². The topological polar surface area (TPSA) is 37.0 Å². The van der Waals surface area contributed by atoms with Gasteiger partial charge in [0, 0.05) is 28.9 Å². The Morgan fingerprint density at radius 2 is 2.47 bits per heavy atom. The summed E-state index contributed by atoms with van der Waals surface area (Å²) in [5, 5.41) is 10.3. The molecule has 1 atom stereocenters. The summed E-state index contributed by atoms with van der Waals surface area (Å²) in [5.41, 5.74) is 0. The summed E-state index contributed by atoms with van der Waals surface area (Å²) in [4.78, 5) is 4.42. The van der Waals surface area contributed by atoms with Crippen LogP contribution < -0.4 is 10.6 Å². The van der Waals surface area contributed by atoms with Gasteiger partial charge < -0.3 is 10.6 Å². The third-order valence-electron chi connectivity index (χ3n) is 3.33. The molecule has 3 rings (SSSR count). The van der Waals surface area contributed by atoms with Crippen molar-refractivity contribution in [1.29, 1.82) is 0 Å². The number of fused-ring (bicyclic) bond motifs is 1. The highest BCUT2D eigenvalue weighted by molar-refractivity contribution is 7.17. The van der Waals surface area contributed by atoms with Gasteiger partial charge in [0.15, 0.2) is 0 Å². The average molecular weight is 247 g/mol. The molecule has 2 aromatic heterocycles. The van der Waals surface area contributed by atoms with Crippen molar-refractivity contribution in [2.45, 2.75) is 25.3 Å². The Labute approximate surface area is 105 Å². The number of nitrogens with one attached hydrogen (secondary N) is 2. The monoisotopic (exact) mass is 247 g/mol. The van der Waals surface area contributed by atoms with Crippen LogP contribution in [-0.4, -0.2) is 24.1 Å². The minimum atomic E-state index is 0.698. The molecule has 0 amide bonds. The number of aromatic nitrogens is 1. The van der Waals surface area contributed by atoms with Crippen molar-refractivity contribution in [3.8, 4) is 0 Å². The average Bonchev–Trinajstić information content (AvgIpc) is 2.99. The predicted molar refractivity (Wildman–Crippen MR) is 73.8 cm³/mol. The predicted octanol–water partition coefficient (Wildman–Crippen LogP) is 2.85. The number of pyridine rings is 1. The zero-order chi connectivity index (χ0) is 11.5. The van der Waals surface area contributed by atoms with Crippen LogP contribution >= 0.6 is 11.3 Å². The SMILES string of the molecule is c1cc2sccc2c(NCCC2CCCN2)n1. The molecule has 0 spiro atoms. The largest absolute Gasteiger partial charge is 0.369 e. The van der Waals surface area contributed by atoms with E-state index >= 15 is 0 Å². The van der Waals surface area contributed by atoms with E-state index in [1.807, 2.05) is 6.20 Å². The van der Waals surface area contributed by atoms with Gasteiger partial charge >= 0.3 is 0 Å². The smallest absolute Gasteiger partial charge is 0.134 e. The van der Waals surface area contributed by atoms with E-state index < -0.39 is 0 Å². The second-order valence-electron chi connectivity index (χ2n) is 4.50. The van der Waals surface area contributed by atoms with Gasteiger partial charge in [-0.1, -0.05) is 0 Å². The lowest BCUT2D eigenvalue weighted by Crippen LogP contribution is -2.24. The van der Waals surface area contributed by atoms with E-state index in [-0.39, 0.29) is 0 Å². The van der Waals surface area contributed by atoms with Gasteiger partial charge in [-0.3, -0.25) is 0 Å². The summed E-state index contributed by atoms with van der Waals surface area (Å²) in [5.74, 6) is 1.03. The van der Waals surface area contributed by atoms with Gasteiger partial charge in [0.2, 0.25) is 0 Å². The van der Waals surface area contributed by atoms with Gasteiger partial charge in [0.1, 0.15) is 5.82 Å². The summed E-state index contributed by atoms with van der Waals surface area (Å²) in [6, 6.07) is 4.91. The first-order valence-corrected chi connectivity index (χ1v) is 7.11. The van der Waals surface area contributed by atoms with Gasteiger partial charge in [-0.25, -0.2) is 4.98 Å². The molecule has 4 heteroatoms. The highest BCUT2D eigenvalue weighted by Gasteiger charge is 2.13. The third-order valence-corrected chi connectivity index (χ3v) is 4.21. The molecule has 2 N–H and O–H groups in total. The summed E-state index contributed by atoms with van der Waals surface area (Å²) in [6.45, 7) is 2.18. The molecule has 2 aromatic rings. The van der Waals surface area contributed by atoms with Crippen LogP contribution in [0.5, 0.6) is 0 Å². The van der Waals surface area contributed by atoms with Gasteiger partial charge in [0.25, 0.3) is 0 Å². The number of anilines is 1. The molecule has 0 saturated carbocycles. The Balaban J connectivity index is 1.62. The maximum Gasteiger partial charge on any atom is 0.134 e. The van der Waals surface area contributed by atoms with Crippen LogP contribution in [0.3, 0.4) is 0 Å². The van der Waals surface area contributed by atoms with Gasteiger partial charge in [-0.15, -0.1) is 11.3 Å². The van der Waals surface area contributed by atoms with Crippen LogP contribution in [0.1, 0.15) is 19.3 Å². The molecule has 1 aliphatic heterocycles. The Hall–Kier alpha value is -1.13. The highest BCUT2D eigenvalue weighted by Crippen LogP contribution is 2.25. The van der Waals surface area contributed by atoms with E-state index in [2.05, 4.69) is 33.1 Å². The van der Waals surface area contributed by atoms with E-state index in [1.165, 1.54) is 35.9 Å². The minimum Gasteiger partial charge on any atom is -0.369 e. The minimum absolute atomic E-state index is 0.698. The van der Waals surface area contributed by atoms with Gasteiger partial charge in [-0.2, -0.15) is 0 Å². The van der Waals surface area contributed by atoms with Gasteiger partial charge in [-0.05, 0) is 43.3 Å². The quantitative estimate of drug-likeness (QED) is 0.872. The molecule has 17 heavy (non-hydrogen) atoms. The van der Waals surface area contributed by atoms with Crippen LogP contribution in [0.2, 0.25) is 0 Å². The van der Waals surface area contributed by atoms with E-state index in [0.29, 0.717) is 6.04 Å². The fraction of sp³-hybridized carbons (Fsp3) is 0.462. The lowest BCUT2D eigenvalue weighted by molar-refractivity contribution is 0.574. The van der Waals surface area contributed by atoms with E-state index in [0.717, 1.165) is 12.4 Å². The molecule has 3 heterocycles. The molecule has 1 saturated heterocycles. The van der Waals surface area contributed by atoms with Crippen molar-refractivity contribution in [3.63, 3.8) is 0 Å². The lowest BCUT2D eigenvalue weighted by Gasteiger charge is -2.11. The zero-order valence-electron chi connectivity index (χ0n) is 9.78. The van der Waals surface area contributed by atoms with Crippen molar-refractivity contribution >= 4 is 27.2 Å². The molecule has 0 aromatic carbocycles. The zero-order valence-corrected chi connectivity index (χ0v) is 10.6. The van der Waals surface area contributed by atoms with Crippen molar-refractivity contribution < 1.29 is 0 Å². The van der Waals surface area contributed by atoms with Crippen LogP contribution in [0.15, 0.2) is 23.7 Å². The molecule has 1 aliphatic rings. The molecule has 0 bridgehead atoms. The summed E-state index contributed by atoms with van der Waals surface area (Å²) in [6.07, 6.45) is 5.71. The maximum absolute atomic E-state index is 4.42. The third kappa shape index (κ3) is 2.42. The van der Waals surface area contributed by atoms with E-state index in [1.54, 1.807) is 11.3 Å². The van der Waals surface area contributed by atoms with Gasteiger partial charge in [0.05, 0.1) is 0 Å². The Morgan fingerprint density at radius 3 is 3.35 bits per heavy atom. The number of thiophene rings is 1. The standard InChI is InChI=1S/C13H17N3S/c1-2-10(14-6-1)3-7-15-13-11-5-9-17-12(11)4-8-16-13/h4-5,8-10,14H,1-3,6-7H2,(H,15,16). The lowest BCUT2D eigenvalue weighted by atomic mass is 10.1. The van der Waals surface area contributed by atoms with Crippen LogP contribution in [-0.2, 0) is 0 Å². The summed E-state index contributed by atoms with van der Waals surface area (Å²) < 4.78 is 1.31. The van der Waals surface area contributed by atoms with Crippen molar-refractivity contribution in [2.75, 3.05) is 18.4 Å². The van der Waals surface area contributed by atoms with E-state index in [9.17, 15) is 0 Å². The first-order chi connectivity index (χ1) is 8.43. The Morgan fingerprint density at radius 1 is 1.47 bits per heavy atom. The second kappa shape index (κ2) is 5.02. The number of rotatable bonds is 4. The molecule has 1 fully saturated rings. The van der Waals surface area contributed by atoms with Crippen molar-refractivity contribution in [3.05, 3.63) is 23.7 Å². The normalized spacial score (nSPS) is 19.9. The Bertz CT molecular complexity index is 488. The van der Waals surface area contributed by atoms with Crippen LogP contribution in [0.25, 0.3) is 10.1 Å².